The van der Waals surface area contributed by atoms with E-state index in [1.807, 2.05) is 11.0 Å². The van der Waals surface area contributed by atoms with Crippen LogP contribution in [0.5, 0.6) is 0 Å². The van der Waals surface area contributed by atoms with E-state index in [-0.39, 0.29) is 12.5 Å². The molecule has 2 N–H and O–H groups in total. The predicted octanol–water partition coefficient (Wildman–Crippen LogP) is 1.34. The minimum absolute atomic E-state index is 0.0701. The average molecular weight is 273 g/mol. The van der Waals surface area contributed by atoms with E-state index in [2.05, 4.69) is 5.32 Å². The molecule has 106 valence electrons. The standard InChI is InChI=1S/C15H19N3O2/c16-10-12-4-6-13(7-5-12)17-15(20)11-18(8-9-19)14-2-1-3-14/h4-7,14,19H,1-3,8-9,11H2,(H,17,20). The van der Waals surface area contributed by atoms with Gasteiger partial charge in [0.25, 0.3) is 0 Å². The number of aliphatic hydroxyl groups is 1. The third-order valence-corrected chi connectivity index (χ3v) is 3.62. The van der Waals surface area contributed by atoms with E-state index in [9.17, 15) is 4.79 Å². The van der Waals surface area contributed by atoms with Gasteiger partial charge in [-0.1, -0.05) is 6.42 Å². The SMILES string of the molecule is N#Cc1ccc(NC(=O)CN(CCO)C2CCC2)cc1. The van der Waals surface area contributed by atoms with Gasteiger partial charge in [-0.25, -0.2) is 0 Å². The van der Waals surface area contributed by atoms with Crippen molar-refractivity contribution in [3.8, 4) is 6.07 Å². The highest BCUT2D eigenvalue weighted by Crippen LogP contribution is 2.24. The number of nitrogens with zero attached hydrogens (tertiary/aromatic N) is 2. The summed E-state index contributed by atoms with van der Waals surface area (Å²) in [5, 5.41) is 20.6. The Balaban J connectivity index is 1.88. The molecule has 0 spiro atoms. The Bertz CT molecular complexity index is 489. The number of anilines is 1. The summed E-state index contributed by atoms with van der Waals surface area (Å²) in [4.78, 5) is 14.0. The number of nitrogens with one attached hydrogen (secondary N) is 1. The van der Waals surface area contributed by atoms with Gasteiger partial charge in [-0.05, 0) is 37.1 Å². The number of aliphatic hydroxyl groups excluding tert-OH is 1. The third kappa shape index (κ3) is 3.80. The molecule has 1 fully saturated rings. The highest BCUT2D eigenvalue weighted by atomic mass is 16.3. The highest BCUT2D eigenvalue weighted by molar-refractivity contribution is 5.92. The van der Waals surface area contributed by atoms with Gasteiger partial charge < -0.3 is 10.4 Å². The van der Waals surface area contributed by atoms with Crippen molar-refractivity contribution in [1.82, 2.24) is 4.90 Å². The Hall–Kier alpha value is -1.90. The van der Waals surface area contributed by atoms with Crippen molar-refractivity contribution in [2.75, 3.05) is 25.0 Å². The molecule has 0 aliphatic heterocycles. The minimum Gasteiger partial charge on any atom is -0.395 e. The second-order valence-electron chi connectivity index (χ2n) is 5.02. The molecule has 5 nitrogen and oxygen atoms in total. The van der Waals surface area contributed by atoms with E-state index >= 15 is 0 Å². The van der Waals surface area contributed by atoms with E-state index in [0.717, 1.165) is 12.8 Å². The summed E-state index contributed by atoms with van der Waals surface area (Å²) in [5.41, 5.74) is 1.26. The molecule has 1 aliphatic carbocycles. The fourth-order valence-corrected chi connectivity index (χ4v) is 2.28. The van der Waals surface area contributed by atoms with Crippen LogP contribution in [0.15, 0.2) is 24.3 Å². The molecular formula is C15H19N3O2. The second-order valence-corrected chi connectivity index (χ2v) is 5.02. The summed E-state index contributed by atoms with van der Waals surface area (Å²) in [5.74, 6) is -0.0879. The number of hydrogen-bond acceptors (Lipinski definition) is 4. The molecule has 0 aromatic heterocycles. The molecule has 1 aromatic carbocycles. The molecule has 0 heterocycles. The van der Waals surface area contributed by atoms with Crippen LogP contribution in [0.2, 0.25) is 0 Å². The largest absolute Gasteiger partial charge is 0.395 e. The van der Waals surface area contributed by atoms with Crippen molar-refractivity contribution < 1.29 is 9.90 Å². The highest BCUT2D eigenvalue weighted by Gasteiger charge is 2.25. The molecule has 1 aromatic rings. The van der Waals surface area contributed by atoms with Gasteiger partial charge in [0.2, 0.25) is 5.91 Å². The molecule has 2 rings (SSSR count). The summed E-state index contributed by atoms with van der Waals surface area (Å²) in [6.07, 6.45) is 3.40. The van der Waals surface area contributed by atoms with E-state index in [4.69, 9.17) is 10.4 Å². The van der Waals surface area contributed by atoms with Gasteiger partial charge >= 0.3 is 0 Å². The monoisotopic (exact) mass is 273 g/mol. The summed E-state index contributed by atoms with van der Waals surface area (Å²) < 4.78 is 0. The first-order valence-electron chi connectivity index (χ1n) is 6.88. The zero-order chi connectivity index (χ0) is 14.4. The van der Waals surface area contributed by atoms with Crippen LogP contribution in [-0.4, -0.2) is 41.7 Å². The van der Waals surface area contributed by atoms with Crippen LogP contribution in [0.25, 0.3) is 0 Å². The van der Waals surface area contributed by atoms with Gasteiger partial charge in [0.05, 0.1) is 24.8 Å². The summed E-state index contributed by atoms with van der Waals surface area (Å²) in [6.45, 7) is 0.900. The Labute approximate surface area is 118 Å². The maximum absolute atomic E-state index is 12.0. The van der Waals surface area contributed by atoms with E-state index in [0.29, 0.717) is 30.4 Å². The first-order valence-corrected chi connectivity index (χ1v) is 6.88. The zero-order valence-corrected chi connectivity index (χ0v) is 11.4. The van der Waals surface area contributed by atoms with Crippen LogP contribution in [0.4, 0.5) is 5.69 Å². The quantitative estimate of drug-likeness (QED) is 0.820. The van der Waals surface area contributed by atoms with Crippen molar-refractivity contribution in [2.24, 2.45) is 0 Å². The lowest BCUT2D eigenvalue weighted by Gasteiger charge is -2.36. The van der Waals surface area contributed by atoms with Crippen LogP contribution in [-0.2, 0) is 4.79 Å². The van der Waals surface area contributed by atoms with Gasteiger partial charge in [0, 0.05) is 18.3 Å². The Morgan fingerprint density at radius 2 is 2.10 bits per heavy atom. The zero-order valence-electron chi connectivity index (χ0n) is 11.4. The van der Waals surface area contributed by atoms with Crippen molar-refractivity contribution in [3.05, 3.63) is 29.8 Å². The Kier molecular flexibility index (Phi) is 5.10. The Morgan fingerprint density at radius 3 is 2.60 bits per heavy atom. The van der Waals surface area contributed by atoms with Crippen LogP contribution >= 0.6 is 0 Å². The lowest BCUT2D eigenvalue weighted by Crippen LogP contribution is -2.45. The smallest absolute Gasteiger partial charge is 0.238 e. The molecule has 0 radical (unpaired) electrons. The number of amides is 1. The maximum Gasteiger partial charge on any atom is 0.238 e. The second kappa shape index (κ2) is 7.04. The number of hydrogen-bond donors (Lipinski definition) is 2. The fourth-order valence-electron chi connectivity index (χ4n) is 2.28. The molecule has 0 bridgehead atoms. The number of carbonyl (C=O) groups is 1. The molecular weight excluding hydrogens is 254 g/mol. The molecule has 0 atom stereocenters. The van der Waals surface area contributed by atoms with E-state index in [1.165, 1.54) is 6.42 Å². The van der Waals surface area contributed by atoms with Crippen LogP contribution in [0, 0.1) is 11.3 Å². The van der Waals surface area contributed by atoms with Gasteiger partial charge in [-0.15, -0.1) is 0 Å². The summed E-state index contributed by atoms with van der Waals surface area (Å²) in [7, 11) is 0. The molecule has 1 saturated carbocycles. The molecule has 0 unspecified atom stereocenters. The topological polar surface area (TPSA) is 76.4 Å². The van der Waals surface area contributed by atoms with E-state index in [1.54, 1.807) is 24.3 Å². The van der Waals surface area contributed by atoms with Crippen molar-refractivity contribution in [3.63, 3.8) is 0 Å². The summed E-state index contributed by atoms with van der Waals surface area (Å²) in [6, 6.07) is 9.25. The lowest BCUT2D eigenvalue weighted by molar-refractivity contribution is -0.118. The van der Waals surface area contributed by atoms with Crippen LogP contribution < -0.4 is 5.32 Å². The molecule has 1 aliphatic rings. The molecule has 1 amide bonds. The van der Waals surface area contributed by atoms with Crippen LogP contribution in [0.3, 0.4) is 0 Å². The Morgan fingerprint density at radius 1 is 1.40 bits per heavy atom. The number of nitriles is 1. The van der Waals surface area contributed by atoms with Gasteiger partial charge in [-0.2, -0.15) is 5.26 Å². The first-order chi connectivity index (χ1) is 9.72. The van der Waals surface area contributed by atoms with Crippen LogP contribution in [0.1, 0.15) is 24.8 Å². The molecule has 5 heteroatoms. The number of carbonyl (C=O) groups excluding carboxylic acids is 1. The number of benzene rings is 1. The maximum atomic E-state index is 12.0. The van der Waals surface area contributed by atoms with Crippen molar-refractivity contribution in [1.29, 1.82) is 5.26 Å². The van der Waals surface area contributed by atoms with Gasteiger partial charge in [-0.3, -0.25) is 9.69 Å². The van der Waals surface area contributed by atoms with Gasteiger partial charge in [0.15, 0.2) is 0 Å². The fraction of sp³-hybridized carbons (Fsp3) is 0.467. The minimum atomic E-state index is -0.0879. The summed E-state index contributed by atoms with van der Waals surface area (Å²) >= 11 is 0. The predicted molar refractivity (Wildman–Crippen MR) is 76.1 cm³/mol. The lowest BCUT2D eigenvalue weighted by atomic mass is 9.91. The van der Waals surface area contributed by atoms with Crippen molar-refractivity contribution >= 4 is 11.6 Å². The third-order valence-electron chi connectivity index (χ3n) is 3.62. The van der Waals surface area contributed by atoms with Gasteiger partial charge in [0.1, 0.15) is 0 Å². The number of rotatable bonds is 6. The van der Waals surface area contributed by atoms with Crippen molar-refractivity contribution in [2.45, 2.75) is 25.3 Å². The molecule has 0 saturated heterocycles. The average Bonchev–Trinajstić information content (AvgIpc) is 2.37. The van der Waals surface area contributed by atoms with E-state index < -0.39 is 0 Å². The normalized spacial score (nSPS) is 14.7. The molecule has 20 heavy (non-hydrogen) atoms. The first kappa shape index (κ1) is 14.5.